The number of nitro groups is 1. The lowest BCUT2D eigenvalue weighted by molar-refractivity contribution is -0.384. The Morgan fingerprint density at radius 1 is 0.886 bits per heavy atom. The minimum Gasteiger partial charge on any atom is -0.497 e. The number of ether oxygens (including phenoxy) is 2. The van der Waals surface area contributed by atoms with Gasteiger partial charge in [0.1, 0.15) is 12.3 Å². The maximum atomic E-state index is 14.0. The number of nitrogens with zero attached hydrogens (tertiary/aromatic N) is 4. The normalized spacial score (nSPS) is 10.8. The zero-order valence-corrected chi connectivity index (χ0v) is 25.1. The lowest BCUT2D eigenvalue weighted by Crippen LogP contribution is -2.43. The fourth-order valence-electron chi connectivity index (χ4n) is 4.90. The van der Waals surface area contributed by atoms with E-state index in [9.17, 15) is 19.7 Å². The number of non-ortho nitro benzene ring substituents is 1. The zero-order valence-electron chi connectivity index (χ0n) is 25.1. The Hall–Kier alpha value is -4.96. The molecule has 0 atom stereocenters. The lowest BCUT2D eigenvalue weighted by Gasteiger charge is -2.28. The molecule has 10 nitrogen and oxygen atoms in total. The Morgan fingerprint density at radius 2 is 1.66 bits per heavy atom. The second kappa shape index (κ2) is 16.0. The Labute approximate surface area is 257 Å². The first-order chi connectivity index (χ1) is 21.4. The van der Waals surface area contributed by atoms with Gasteiger partial charge in [-0.1, -0.05) is 48.5 Å². The van der Waals surface area contributed by atoms with E-state index < -0.39 is 10.8 Å². The molecule has 0 unspecified atom stereocenters. The van der Waals surface area contributed by atoms with Crippen molar-refractivity contribution in [1.29, 1.82) is 0 Å². The highest BCUT2D eigenvalue weighted by Gasteiger charge is 2.24. The second-order valence-electron chi connectivity index (χ2n) is 10.3. The van der Waals surface area contributed by atoms with E-state index >= 15 is 0 Å². The SMILES string of the molecule is CCOCCCN(CC(=O)N(Cc1ccccc1)Cc1cccn1Cc1cccc(OC)c1)C(=O)c1cccc([N+](=O)[O-])c1. The Kier molecular flexibility index (Phi) is 11.7. The molecule has 0 aliphatic carbocycles. The topological polar surface area (TPSA) is 107 Å². The fraction of sp³-hybridized carbons (Fsp3) is 0.294. The van der Waals surface area contributed by atoms with Crippen molar-refractivity contribution in [2.24, 2.45) is 0 Å². The summed E-state index contributed by atoms with van der Waals surface area (Å²) in [5.41, 5.74) is 2.93. The summed E-state index contributed by atoms with van der Waals surface area (Å²) >= 11 is 0. The maximum absolute atomic E-state index is 14.0. The van der Waals surface area contributed by atoms with Crippen LogP contribution in [0.2, 0.25) is 0 Å². The van der Waals surface area contributed by atoms with Crippen LogP contribution in [0.3, 0.4) is 0 Å². The predicted octanol–water partition coefficient (Wildman–Crippen LogP) is 5.55. The van der Waals surface area contributed by atoms with Crippen molar-refractivity contribution in [3.63, 3.8) is 0 Å². The number of methoxy groups -OCH3 is 1. The number of rotatable bonds is 16. The molecule has 0 fully saturated rings. The molecule has 4 aromatic rings. The van der Waals surface area contributed by atoms with Crippen LogP contribution in [0.4, 0.5) is 5.69 Å². The minimum absolute atomic E-state index is 0.158. The molecule has 4 rings (SSSR count). The largest absolute Gasteiger partial charge is 0.497 e. The highest BCUT2D eigenvalue weighted by molar-refractivity contribution is 5.97. The highest BCUT2D eigenvalue weighted by Crippen LogP contribution is 2.19. The first-order valence-electron chi connectivity index (χ1n) is 14.6. The van der Waals surface area contributed by atoms with Gasteiger partial charge in [-0.3, -0.25) is 19.7 Å². The molecular formula is C34H38N4O6. The number of nitro benzene ring substituents is 1. The van der Waals surface area contributed by atoms with Crippen LogP contribution in [0.5, 0.6) is 5.75 Å². The van der Waals surface area contributed by atoms with E-state index in [-0.39, 0.29) is 30.2 Å². The van der Waals surface area contributed by atoms with Crippen LogP contribution in [0, 0.1) is 10.1 Å². The van der Waals surface area contributed by atoms with Crippen molar-refractivity contribution < 1.29 is 24.0 Å². The molecule has 2 amide bonds. The van der Waals surface area contributed by atoms with Crippen LogP contribution in [0.25, 0.3) is 0 Å². The van der Waals surface area contributed by atoms with Crippen LogP contribution in [0.15, 0.2) is 97.2 Å². The molecule has 0 bridgehead atoms. The van der Waals surface area contributed by atoms with E-state index in [1.54, 1.807) is 12.0 Å². The first kappa shape index (κ1) is 32.0. The number of hydrogen-bond acceptors (Lipinski definition) is 6. The zero-order chi connectivity index (χ0) is 31.3. The van der Waals surface area contributed by atoms with Crippen molar-refractivity contribution in [2.75, 3.05) is 33.4 Å². The number of benzene rings is 3. The van der Waals surface area contributed by atoms with E-state index in [0.29, 0.717) is 39.3 Å². The minimum atomic E-state index is -0.538. The molecule has 1 heterocycles. The summed E-state index contributed by atoms with van der Waals surface area (Å²) in [5.74, 6) is 0.0905. The van der Waals surface area contributed by atoms with Gasteiger partial charge < -0.3 is 23.8 Å². The number of amides is 2. The van der Waals surface area contributed by atoms with Crippen molar-refractivity contribution in [3.8, 4) is 5.75 Å². The Bertz CT molecular complexity index is 1540. The van der Waals surface area contributed by atoms with Crippen molar-refractivity contribution >= 4 is 17.5 Å². The predicted molar refractivity (Wildman–Crippen MR) is 167 cm³/mol. The average molecular weight is 599 g/mol. The summed E-state index contributed by atoms with van der Waals surface area (Å²) in [6.07, 6.45) is 2.50. The standard InChI is InChI=1S/C34H38N4O6/c1-3-44-20-10-19-36(34(40)29-14-8-15-30(22-29)38(41)42)26-33(39)37(23-27-11-5-4-6-12-27)25-31-16-9-18-35(31)24-28-13-7-17-32(21-28)43-2/h4-9,11-18,21-22H,3,10,19-20,23-26H2,1-2H3. The molecular weight excluding hydrogens is 560 g/mol. The van der Waals surface area contributed by atoms with Crippen molar-refractivity contribution in [1.82, 2.24) is 14.4 Å². The van der Waals surface area contributed by atoms with Gasteiger partial charge in [0, 0.05) is 62.4 Å². The molecule has 0 spiro atoms. The average Bonchev–Trinajstić information content (AvgIpc) is 3.48. The van der Waals surface area contributed by atoms with E-state index in [4.69, 9.17) is 9.47 Å². The Balaban J connectivity index is 1.58. The second-order valence-corrected chi connectivity index (χ2v) is 10.3. The van der Waals surface area contributed by atoms with Crippen LogP contribution in [-0.4, -0.2) is 64.5 Å². The molecule has 0 radical (unpaired) electrons. The first-order valence-corrected chi connectivity index (χ1v) is 14.6. The number of hydrogen-bond donors (Lipinski definition) is 0. The van der Waals surface area contributed by atoms with E-state index in [0.717, 1.165) is 22.6 Å². The molecule has 230 valence electrons. The summed E-state index contributed by atoms with van der Waals surface area (Å²) in [6, 6.07) is 27.1. The van der Waals surface area contributed by atoms with Gasteiger partial charge in [0.15, 0.2) is 0 Å². The van der Waals surface area contributed by atoms with Crippen molar-refractivity contribution in [2.45, 2.75) is 33.0 Å². The summed E-state index contributed by atoms with van der Waals surface area (Å²) in [6.45, 7) is 4.20. The van der Waals surface area contributed by atoms with E-state index in [1.165, 1.54) is 29.2 Å². The molecule has 0 aliphatic rings. The monoisotopic (exact) mass is 598 g/mol. The number of carbonyl (C=O) groups is 2. The fourth-order valence-corrected chi connectivity index (χ4v) is 4.90. The van der Waals surface area contributed by atoms with Gasteiger partial charge in [0.05, 0.1) is 18.6 Å². The van der Waals surface area contributed by atoms with Crippen molar-refractivity contribution in [3.05, 3.63) is 130 Å². The summed E-state index contributed by atoms with van der Waals surface area (Å²) in [4.78, 5) is 41.6. The molecule has 0 aliphatic heterocycles. The van der Waals surface area contributed by atoms with E-state index in [1.807, 2.05) is 79.9 Å². The quantitative estimate of drug-likeness (QED) is 0.0951. The number of carbonyl (C=O) groups excluding carboxylic acids is 2. The lowest BCUT2D eigenvalue weighted by atomic mass is 10.1. The third kappa shape index (κ3) is 9.02. The Morgan fingerprint density at radius 3 is 2.41 bits per heavy atom. The van der Waals surface area contributed by atoms with E-state index in [2.05, 4.69) is 4.57 Å². The molecule has 1 aromatic heterocycles. The molecule has 0 saturated carbocycles. The van der Waals surface area contributed by atoms with Gasteiger partial charge in [-0.15, -0.1) is 0 Å². The number of aromatic nitrogens is 1. The van der Waals surface area contributed by atoms with Gasteiger partial charge in [-0.25, -0.2) is 0 Å². The van der Waals surface area contributed by atoms with Gasteiger partial charge in [0.2, 0.25) is 5.91 Å². The van der Waals surface area contributed by atoms with Gasteiger partial charge in [-0.2, -0.15) is 0 Å². The molecule has 0 saturated heterocycles. The third-order valence-corrected chi connectivity index (χ3v) is 7.17. The molecule has 3 aromatic carbocycles. The smallest absolute Gasteiger partial charge is 0.270 e. The molecule has 0 N–H and O–H groups in total. The summed E-state index contributed by atoms with van der Waals surface area (Å²) in [7, 11) is 1.64. The maximum Gasteiger partial charge on any atom is 0.270 e. The molecule has 44 heavy (non-hydrogen) atoms. The third-order valence-electron chi connectivity index (χ3n) is 7.17. The van der Waals surface area contributed by atoms with Crippen LogP contribution >= 0.6 is 0 Å². The summed E-state index contributed by atoms with van der Waals surface area (Å²) < 4.78 is 12.9. The van der Waals surface area contributed by atoms with Gasteiger partial charge >= 0.3 is 0 Å². The molecule has 10 heteroatoms. The van der Waals surface area contributed by atoms with Gasteiger partial charge in [-0.05, 0) is 54.8 Å². The van der Waals surface area contributed by atoms with Gasteiger partial charge in [0.25, 0.3) is 11.6 Å². The summed E-state index contributed by atoms with van der Waals surface area (Å²) in [5, 5.41) is 11.4. The highest BCUT2D eigenvalue weighted by atomic mass is 16.6. The van der Waals surface area contributed by atoms with Crippen LogP contribution < -0.4 is 4.74 Å². The van der Waals surface area contributed by atoms with Crippen LogP contribution in [-0.2, 0) is 29.2 Å². The van der Waals surface area contributed by atoms with Crippen LogP contribution in [0.1, 0.15) is 40.5 Å².